The van der Waals surface area contributed by atoms with Gasteiger partial charge in [0.2, 0.25) is 11.8 Å². The lowest BCUT2D eigenvalue weighted by Crippen LogP contribution is -2.39. The van der Waals surface area contributed by atoms with Crippen LogP contribution in [0.2, 0.25) is 0 Å². The molecule has 1 aliphatic rings. The second kappa shape index (κ2) is 7.15. The Labute approximate surface area is 142 Å². The van der Waals surface area contributed by atoms with Gasteiger partial charge < -0.3 is 10.2 Å². The number of carbonyl (C=O) groups excluding carboxylic acids is 1. The van der Waals surface area contributed by atoms with E-state index >= 15 is 0 Å². The Balaban J connectivity index is 1.66. The average Bonchev–Trinajstić information content (AvgIpc) is 3.18. The van der Waals surface area contributed by atoms with Crippen molar-refractivity contribution in [1.82, 2.24) is 14.8 Å². The van der Waals surface area contributed by atoms with Gasteiger partial charge in [0.25, 0.3) is 0 Å². The summed E-state index contributed by atoms with van der Waals surface area (Å²) in [5, 5.41) is 0. The Kier molecular flexibility index (Phi) is 4.97. The number of nitrogens with zero attached hydrogens (tertiary/aromatic N) is 3. The third kappa shape index (κ3) is 3.66. The van der Waals surface area contributed by atoms with Crippen molar-refractivity contribution in [2.45, 2.75) is 32.0 Å². The number of aryl methyl sites for hydroxylation is 1. The van der Waals surface area contributed by atoms with Crippen molar-refractivity contribution in [1.29, 1.82) is 0 Å². The molecule has 6 nitrogen and oxygen atoms in total. The first-order valence-corrected chi connectivity index (χ1v) is 8.24. The Morgan fingerprint density at radius 1 is 1.46 bits per heavy atom. The van der Waals surface area contributed by atoms with Crippen LogP contribution in [0.15, 0.2) is 40.9 Å². The third-order valence-corrected chi connectivity index (χ3v) is 4.62. The van der Waals surface area contributed by atoms with Crippen LogP contribution in [0.1, 0.15) is 29.7 Å². The fourth-order valence-electron chi connectivity index (χ4n) is 3.37. The lowest BCUT2D eigenvalue weighted by atomic mass is 10.1. The Morgan fingerprint density at radius 2 is 2.21 bits per heavy atom. The number of likely N-dealkylation sites (tertiary alicyclic amines) is 1. The van der Waals surface area contributed by atoms with E-state index in [1.54, 1.807) is 6.20 Å². The molecular formula is C18H24N4O2. The smallest absolute Gasteiger partial charge is 0.239 e. The highest BCUT2D eigenvalue weighted by atomic mass is 16.4. The highest BCUT2D eigenvalue weighted by Crippen LogP contribution is 2.27. The number of rotatable bonds is 6. The molecule has 1 aromatic carbocycles. The number of hydrogen-bond donors (Lipinski definition) is 1. The summed E-state index contributed by atoms with van der Waals surface area (Å²) < 4.78 is 5.56. The van der Waals surface area contributed by atoms with Gasteiger partial charge in [-0.1, -0.05) is 30.3 Å². The molecule has 2 heterocycles. The predicted molar refractivity (Wildman–Crippen MR) is 91.1 cm³/mol. The largest absolute Gasteiger partial charge is 0.445 e. The molecule has 1 saturated heterocycles. The Hall–Kier alpha value is -2.18. The van der Waals surface area contributed by atoms with Gasteiger partial charge in [-0.2, -0.15) is 0 Å². The number of primary amides is 1. The molecule has 2 atom stereocenters. The van der Waals surface area contributed by atoms with Gasteiger partial charge in [-0.05, 0) is 26.0 Å². The van der Waals surface area contributed by atoms with Crippen LogP contribution in [0.4, 0.5) is 0 Å². The summed E-state index contributed by atoms with van der Waals surface area (Å²) in [5.74, 6) is 1.25. The number of oxazole rings is 1. The summed E-state index contributed by atoms with van der Waals surface area (Å²) in [5.41, 5.74) is 6.63. The van der Waals surface area contributed by atoms with Crippen LogP contribution in [0.5, 0.6) is 0 Å². The number of likely N-dealkylation sites (N-methyl/N-ethyl adjacent to an activating group) is 1. The summed E-state index contributed by atoms with van der Waals surface area (Å²) >= 11 is 0. The molecule has 3 rings (SSSR count). The van der Waals surface area contributed by atoms with E-state index in [0.717, 1.165) is 36.7 Å². The molecule has 2 unspecified atom stereocenters. The molecule has 128 valence electrons. The quantitative estimate of drug-likeness (QED) is 0.874. The maximum Gasteiger partial charge on any atom is 0.239 e. The summed E-state index contributed by atoms with van der Waals surface area (Å²) in [6.07, 6.45) is 2.73. The van der Waals surface area contributed by atoms with E-state index in [1.165, 1.54) is 0 Å². The highest BCUT2D eigenvalue weighted by Gasteiger charge is 2.34. The van der Waals surface area contributed by atoms with Gasteiger partial charge >= 0.3 is 0 Å². The number of carbonyl (C=O) groups is 1. The summed E-state index contributed by atoms with van der Waals surface area (Å²) in [7, 11) is 2.06. The molecule has 0 aliphatic carbocycles. The van der Waals surface area contributed by atoms with Gasteiger partial charge in [0.1, 0.15) is 11.8 Å². The van der Waals surface area contributed by atoms with Gasteiger partial charge in [0, 0.05) is 19.1 Å². The van der Waals surface area contributed by atoms with E-state index < -0.39 is 0 Å². The predicted octanol–water partition coefficient (Wildman–Crippen LogP) is 1.72. The SMILES string of the molecule is Cc1cnc(CN(C)C2CCN(C(C(N)=O)c3ccccc3)C2)o1. The number of aromatic nitrogens is 1. The van der Waals surface area contributed by atoms with Gasteiger partial charge in [-0.15, -0.1) is 0 Å². The topological polar surface area (TPSA) is 75.6 Å². The van der Waals surface area contributed by atoms with E-state index in [9.17, 15) is 4.79 Å². The van der Waals surface area contributed by atoms with Gasteiger partial charge in [-0.3, -0.25) is 14.6 Å². The van der Waals surface area contributed by atoms with Crippen LogP contribution in [0, 0.1) is 6.92 Å². The molecule has 2 aromatic rings. The summed E-state index contributed by atoms with van der Waals surface area (Å²) in [6.45, 7) is 4.21. The molecule has 1 amide bonds. The van der Waals surface area contributed by atoms with Crippen molar-refractivity contribution in [2.75, 3.05) is 20.1 Å². The molecule has 0 spiro atoms. The van der Waals surface area contributed by atoms with Crippen molar-refractivity contribution in [2.24, 2.45) is 5.73 Å². The zero-order valence-electron chi connectivity index (χ0n) is 14.2. The molecule has 1 fully saturated rings. The average molecular weight is 328 g/mol. The molecule has 0 radical (unpaired) electrons. The number of nitrogens with two attached hydrogens (primary N) is 1. The fraction of sp³-hybridized carbons (Fsp3) is 0.444. The first kappa shape index (κ1) is 16.7. The lowest BCUT2D eigenvalue weighted by molar-refractivity contribution is -0.123. The standard InChI is InChI=1S/C18H24N4O2/c1-13-10-20-16(24-13)12-21(2)15-8-9-22(11-15)17(18(19)23)14-6-4-3-5-7-14/h3-7,10,15,17H,8-9,11-12H2,1-2H3,(H2,19,23). The maximum atomic E-state index is 12.0. The molecule has 2 N–H and O–H groups in total. The van der Waals surface area contributed by atoms with E-state index in [4.69, 9.17) is 10.2 Å². The second-order valence-electron chi connectivity index (χ2n) is 6.43. The van der Waals surface area contributed by atoms with Gasteiger partial charge in [0.15, 0.2) is 0 Å². The third-order valence-electron chi connectivity index (χ3n) is 4.62. The molecule has 0 saturated carbocycles. The van der Waals surface area contributed by atoms with Crippen LogP contribution in [-0.2, 0) is 11.3 Å². The highest BCUT2D eigenvalue weighted by molar-refractivity contribution is 5.81. The van der Waals surface area contributed by atoms with Crippen LogP contribution in [-0.4, -0.2) is 46.9 Å². The van der Waals surface area contributed by atoms with E-state index in [1.807, 2.05) is 37.3 Å². The van der Waals surface area contributed by atoms with Gasteiger partial charge in [-0.25, -0.2) is 4.98 Å². The number of amides is 1. The Morgan fingerprint density at radius 3 is 2.83 bits per heavy atom. The monoisotopic (exact) mass is 328 g/mol. The zero-order chi connectivity index (χ0) is 17.1. The van der Waals surface area contributed by atoms with Crippen molar-refractivity contribution in [3.05, 3.63) is 53.7 Å². The maximum absolute atomic E-state index is 12.0. The molecule has 6 heteroatoms. The number of benzene rings is 1. The van der Waals surface area contributed by atoms with E-state index in [0.29, 0.717) is 12.6 Å². The van der Waals surface area contributed by atoms with E-state index in [-0.39, 0.29) is 11.9 Å². The lowest BCUT2D eigenvalue weighted by Gasteiger charge is -2.27. The van der Waals surface area contributed by atoms with E-state index in [2.05, 4.69) is 21.8 Å². The molecule has 24 heavy (non-hydrogen) atoms. The first-order chi connectivity index (χ1) is 11.5. The molecule has 1 aromatic heterocycles. The van der Waals surface area contributed by atoms with Gasteiger partial charge in [0.05, 0.1) is 12.7 Å². The van der Waals surface area contributed by atoms with Crippen LogP contribution in [0.25, 0.3) is 0 Å². The van der Waals surface area contributed by atoms with Crippen LogP contribution in [0.3, 0.4) is 0 Å². The minimum absolute atomic E-state index is 0.298. The number of hydrogen-bond acceptors (Lipinski definition) is 5. The van der Waals surface area contributed by atoms with Crippen LogP contribution >= 0.6 is 0 Å². The summed E-state index contributed by atoms with van der Waals surface area (Å²) in [6, 6.07) is 9.73. The van der Waals surface area contributed by atoms with Crippen molar-refractivity contribution < 1.29 is 9.21 Å². The first-order valence-electron chi connectivity index (χ1n) is 8.24. The molecule has 0 bridgehead atoms. The normalized spacial score (nSPS) is 19.7. The minimum atomic E-state index is -0.367. The van der Waals surface area contributed by atoms with Crippen molar-refractivity contribution >= 4 is 5.91 Å². The Bertz CT molecular complexity index is 685. The minimum Gasteiger partial charge on any atom is -0.445 e. The summed E-state index contributed by atoms with van der Waals surface area (Å²) in [4.78, 5) is 20.7. The van der Waals surface area contributed by atoms with Crippen molar-refractivity contribution in [3.8, 4) is 0 Å². The molecule has 1 aliphatic heterocycles. The zero-order valence-corrected chi connectivity index (χ0v) is 14.2. The fourth-order valence-corrected chi connectivity index (χ4v) is 3.37. The van der Waals surface area contributed by atoms with Crippen molar-refractivity contribution in [3.63, 3.8) is 0 Å². The second-order valence-corrected chi connectivity index (χ2v) is 6.43. The molecular weight excluding hydrogens is 304 g/mol. The van der Waals surface area contributed by atoms with Crippen LogP contribution < -0.4 is 5.73 Å².